The lowest BCUT2D eigenvalue weighted by atomic mass is 9.84. The number of hydrogen-bond donors (Lipinski definition) is 2. The molecule has 1 aliphatic carbocycles. The summed E-state index contributed by atoms with van der Waals surface area (Å²) in [7, 11) is 0. The molecule has 13 heavy (non-hydrogen) atoms. The van der Waals surface area contributed by atoms with Gasteiger partial charge in [-0.25, -0.2) is 0 Å². The zero-order valence-electron chi connectivity index (χ0n) is 8.25. The van der Waals surface area contributed by atoms with Gasteiger partial charge in [-0.05, 0) is 25.2 Å². The molecule has 0 spiro atoms. The minimum atomic E-state index is 0.0645. The van der Waals surface area contributed by atoms with E-state index in [1.54, 1.807) is 6.92 Å². The largest absolute Gasteiger partial charge is 0.396 e. The summed E-state index contributed by atoms with van der Waals surface area (Å²) in [6, 6.07) is 0.350. The van der Waals surface area contributed by atoms with Gasteiger partial charge >= 0.3 is 0 Å². The lowest BCUT2D eigenvalue weighted by Crippen LogP contribution is -2.37. The summed E-state index contributed by atoms with van der Waals surface area (Å²) in [6.07, 6.45) is 5.41. The summed E-state index contributed by atoms with van der Waals surface area (Å²) in [6.45, 7) is 1.84. The third-order valence-corrected chi connectivity index (χ3v) is 2.73. The van der Waals surface area contributed by atoms with Gasteiger partial charge in [-0.15, -0.1) is 0 Å². The van der Waals surface area contributed by atoms with E-state index in [-0.39, 0.29) is 12.5 Å². The topological polar surface area (TPSA) is 49.3 Å². The molecule has 2 atom stereocenters. The zero-order valence-corrected chi connectivity index (χ0v) is 8.25. The summed E-state index contributed by atoms with van der Waals surface area (Å²) in [5.74, 6) is 0.672. The van der Waals surface area contributed by atoms with E-state index in [4.69, 9.17) is 5.11 Å². The first kappa shape index (κ1) is 10.5. The van der Waals surface area contributed by atoms with Crippen molar-refractivity contribution in [1.29, 1.82) is 0 Å². The minimum absolute atomic E-state index is 0.0645. The normalized spacial score (nSPS) is 28.5. The Morgan fingerprint density at radius 2 is 2.31 bits per heavy atom. The van der Waals surface area contributed by atoms with E-state index in [1.807, 2.05) is 0 Å². The average Bonchev–Trinajstić information content (AvgIpc) is 2.04. The molecular formula is C10H19NO2. The van der Waals surface area contributed by atoms with E-state index < -0.39 is 0 Å². The molecule has 1 rings (SSSR count). The van der Waals surface area contributed by atoms with Crippen molar-refractivity contribution in [1.82, 2.24) is 5.32 Å². The molecule has 2 N–H and O–H groups in total. The Hall–Kier alpha value is -0.570. The molecular weight excluding hydrogens is 166 g/mol. The molecule has 1 fully saturated rings. The lowest BCUT2D eigenvalue weighted by molar-refractivity contribution is -0.119. The monoisotopic (exact) mass is 185 g/mol. The van der Waals surface area contributed by atoms with E-state index in [9.17, 15) is 4.79 Å². The average molecular weight is 185 g/mol. The fraction of sp³-hybridized carbons (Fsp3) is 0.900. The van der Waals surface area contributed by atoms with Gasteiger partial charge in [-0.2, -0.15) is 0 Å². The first-order chi connectivity index (χ1) is 6.22. The summed E-state index contributed by atoms with van der Waals surface area (Å²) in [5, 5.41) is 11.7. The van der Waals surface area contributed by atoms with Crippen LogP contribution in [0.1, 0.15) is 39.0 Å². The number of carbonyl (C=O) groups is 1. The van der Waals surface area contributed by atoms with Crippen molar-refractivity contribution in [3.8, 4) is 0 Å². The van der Waals surface area contributed by atoms with Gasteiger partial charge in [0.15, 0.2) is 0 Å². The van der Waals surface area contributed by atoms with Gasteiger partial charge in [-0.3, -0.25) is 4.79 Å². The molecule has 0 heterocycles. The summed E-state index contributed by atoms with van der Waals surface area (Å²) in [4.78, 5) is 10.8. The van der Waals surface area contributed by atoms with Crippen LogP contribution >= 0.6 is 0 Å². The highest BCUT2D eigenvalue weighted by Gasteiger charge is 2.21. The molecule has 1 aliphatic rings. The molecule has 0 saturated heterocycles. The third-order valence-electron chi connectivity index (χ3n) is 2.73. The van der Waals surface area contributed by atoms with Crippen molar-refractivity contribution >= 4 is 5.91 Å². The second kappa shape index (κ2) is 5.22. The van der Waals surface area contributed by atoms with E-state index in [1.165, 1.54) is 12.8 Å². The van der Waals surface area contributed by atoms with Crippen LogP contribution in [0.15, 0.2) is 0 Å². The highest BCUT2D eigenvalue weighted by molar-refractivity contribution is 5.73. The number of hydrogen-bond acceptors (Lipinski definition) is 2. The van der Waals surface area contributed by atoms with Crippen LogP contribution in [0.3, 0.4) is 0 Å². The third kappa shape index (κ3) is 3.77. The summed E-state index contributed by atoms with van der Waals surface area (Å²) in [5.41, 5.74) is 0. The highest BCUT2D eigenvalue weighted by Crippen LogP contribution is 2.26. The molecule has 0 radical (unpaired) electrons. The number of aliphatic hydroxyl groups is 1. The van der Waals surface area contributed by atoms with E-state index in [2.05, 4.69) is 5.32 Å². The molecule has 0 aliphatic heterocycles. The van der Waals surface area contributed by atoms with Crippen LogP contribution in [0.5, 0.6) is 0 Å². The van der Waals surface area contributed by atoms with Crippen molar-refractivity contribution in [3.63, 3.8) is 0 Å². The molecule has 0 aromatic rings. The fourth-order valence-electron chi connectivity index (χ4n) is 2.15. The van der Waals surface area contributed by atoms with Gasteiger partial charge in [0.2, 0.25) is 5.91 Å². The van der Waals surface area contributed by atoms with Gasteiger partial charge in [0.25, 0.3) is 0 Å². The van der Waals surface area contributed by atoms with Gasteiger partial charge in [0, 0.05) is 19.6 Å². The van der Waals surface area contributed by atoms with Crippen LogP contribution < -0.4 is 5.32 Å². The maximum atomic E-state index is 10.8. The van der Waals surface area contributed by atoms with Crippen LogP contribution in [0.2, 0.25) is 0 Å². The maximum absolute atomic E-state index is 10.8. The molecule has 1 saturated carbocycles. The number of rotatable bonds is 3. The van der Waals surface area contributed by atoms with Crippen molar-refractivity contribution < 1.29 is 9.90 Å². The first-order valence-electron chi connectivity index (χ1n) is 5.10. The molecule has 3 nitrogen and oxygen atoms in total. The molecule has 76 valence electrons. The van der Waals surface area contributed by atoms with Crippen molar-refractivity contribution in [2.75, 3.05) is 6.61 Å². The van der Waals surface area contributed by atoms with Crippen molar-refractivity contribution in [2.24, 2.45) is 5.92 Å². The Balaban J connectivity index is 2.28. The van der Waals surface area contributed by atoms with Gasteiger partial charge in [0.05, 0.1) is 0 Å². The van der Waals surface area contributed by atoms with E-state index >= 15 is 0 Å². The fourth-order valence-corrected chi connectivity index (χ4v) is 2.15. The quantitative estimate of drug-likeness (QED) is 0.691. The number of nitrogens with one attached hydrogen (secondary N) is 1. The van der Waals surface area contributed by atoms with Gasteiger partial charge < -0.3 is 10.4 Å². The van der Waals surface area contributed by atoms with Crippen LogP contribution in [0.25, 0.3) is 0 Å². The summed E-state index contributed by atoms with van der Waals surface area (Å²) < 4.78 is 0. The van der Waals surface area contributed by atoms with Crippen LogP contribution in [-0.4, -0.2) is 23.7 Å². The molecule has 0 bridgehead atoms. The molecule has 0 aromatic heterocycles. The van der Waals surface area contributed by atoms with Gasteiger partial charge in [0.1, 0.15) is 0 Å². The first-order valence-corrected chi connectivity index (χ1v) is 5.10. The van der Waals surface area contributed by atoms with Crippen LogP contribution in [0, 0.1) is 5.92 Å². The smallest absolute Gasteiger partial charge is 0.217 e. The van der Waals surface area contributed by atoms with Gasteiger partial charge in [-0.1, -0.05) is 12.8 Å². The number of aliphatic hydroxyl groups excluding tert-OH is 1. The maximum Gasteiger partial charge on any atom is 0.217 e. The Labute approximate surface area is 79.5 Å². The minimum Gasteiger partial charge on any atom is -0.396 e. The predicted octanol–water partition coefficient (Wildman–Crippen LogP) is 1.06. The molecule has 1 amide bonds. The Morgan fingerprint density at radius 1 is 1.54 bits per heavy atom. The molecule has 0 aromatic carbocycles. The predicted molar refractivity (Wildman–Crippen MR) is 51.3 cm³/mol. The second-order valence-corrected chi connectivity index (χ2v) is 3.94. The number of carbonyl (C=O) groups excluding carboxylic acids is 1. The van der Waals surface area contributed by atoms with Crippen LogP contribution in [-0.2, 0) is 4.79 Å². The van der Waals surface area contributed by atoms with Crippen molar-refractivity contribution in [3.05, 3.63) is 0 Å². The standard InChI is InChI=1S/C10H19NO2/c1-8(13)11-10-4-2-3-9(7-10)5-6-12/h9-10,12H,2-7H2,1H3,(H,11,13). The van der Waals surface area contributed by atoms with E-state index in [0.717, 1.165) is 19.3 Å². The molecule has 2 unspecified atom stereocenters. The SMILES string of the molecule is CC(=O)NC1CCCC(CCO)C1. The number of amides is 1. The Bertz CT molecular complexity index is 168. The second-order valence-electron chi connectivity index (χ2n) is 3.94. The highest BCUT2D eigenvalue weighted by atomic mass is 16.3. The van der Waals surface area contributed by atoms with E-state index in [0.29, 0.717) is 12.0 Å². The summed E-state index contributed by atoms with van der Waals surface area (Å²) >= 11 is 0. The molecule has 3 heteroatoms. The van der Waals surface area contributed by atoms with Crippen LogP contribution in [0.4, 0.5) is 0 Å². The zero-order chi connectivity index (χ0) is 9.68. The Kier molecular flexibility index (Phi) is 4.22. The Morgan fingerprint density at radius 3 is 2.92 bits per heavy atom. The lowest BCUT2D eigenvalue weighted by Gasteiger charge is -2.29. The van der Waals surface area contributed by atoms with Crippen molar-refractivity contribution in [2.45, 2.75) is 45.1 Å².